The van der Waals surface area contributed by atoms with Crippen LogP contribution in [0.2, 0.25) is 0 Å². The average molecular weight is 373 g/mol. The minimum atomic E-state index is -0.312. The van der Waals surface area contributed by atoms with Crippen LogP contribution < -0.4 is 5.32 Å². The highest BCUT2D eigenvalue weighted by molar-refractivity contribution is 5.81. The SMILES string of the molecule is Cc1cnc(CNC(=O)[C@H]2C[C@@H]3CCN(CC4CCCCC4)C[C@H]3O2)cn1. The lowest BCUT2D eigenvalue weighted by atomic mass is 9.87. The largest absolute Gasteiger partial charge is 0.364 e. The molecule has 2 aliphatic heterocycles. The van der Waals surface area contributed by atoms with Crippen molar-refractivity contribution in [3.8, 4) is 0 Å². The molecule has 0 bridgehead atoms. The Morgan fingerprint density at radius 2 is 2.07 bits per heavy atom. The number of rotatable bonds is 5. The summed E-state index contributed by atoms with van der Waals surface area (Å²) >= 11 is 0. The number of amides is 1. The zero-order chi connectivity index (χ0) is 18.6. The molecule has 6 nitrogen and oxygen atoms in total. The van der Waals surface area contributed by atoms with Gasteiger partial charge in [-0.1, -0.05) is 19.3 Å². The predicted octanol–water partition coefficient (Wildman–Crippen LogP) is 2.46. The van der Waals surface area contributed by atoms with Crippen molar-refractivity contribution < 1.29 is 9.53 Å². The Labute approximate surface area is 162 Å². The third-order valence-corrected chi connectivity index (χ3v) is 6.45. The molecule has 1 amide bonds. The highest BCUT2D eigenvalue weighted by Gasteiger charge is 2.42. The summed E-state index contributed by atoms with van der Waals surface area (Å²) in [6, 6.07) is 0. The first-order chi connectivity index (χ1) is 13.2. The number of ether oxygens (including phenoxy) is 1. The van der Waals surface area contributed by atoms with Gasteiger partial charge >= 0.3 is 0 Å². The van der Waals surface area contributed by atoms with Crippen LogP contribution in [0.5, 0.6) is 0 Å². The first kappa shape index (κ1) is 18.8. The van der Waals surface area contributed by atoms with E-state index in [-0.39, 0.29) is 18.1 Å². The fourth-order valence-electron chi connectivity index (χ4n) is 4.87. The van der Waals surface area contributed by atoms with E-state index in [0.717, 1.165) is 43.2 Å². The Kier molecular flexibility index (Phi) is 6.03. The molecule has 0 radical (unpaired) electrons. The summed E-state index contributed by atoms with van der Waals surface area (Å²) in [6.07, 6.45) is 12.3. The molecule has 1 saturated carbocycles. The second-order valence-corrected chi connectivity index (χ2v) is 8.58. The van der Waals surface area contributed by atoms with Gasteiger partial charge in [-0.15, -0.1) is 0 Å². The van der Waals surface area contributed by atoms with Crippen molar-refractivity contribution in [2.45, 2.75) is 70.6 Å². The lowest BCUT2D eigenvalue weighted by Gasteiger charge is -2.37. The summed E-state index contributed by atoms with van der Waals surface area (Å²) in [5.74, 6) is 1.39. The molecule has 3 aliphatic rings. The first-order valence-electron chi connectivity index (χ1n) is 10.6. The monoisotopic (exact) mass is 372 g/mol. The van der Waals surface area contributed by atoms with Gasteiger partial charge in [-0.2, -0.15) is 0 Å². The van der Waals surface area contributed by atoms with Crippen LogP contribution >= 0.6 is 0 Å². The van der Waals surface area contributed by atoms with Gasteiger partial charge in [0.2, 0.25) is 5.91 Å². The van der Waals surface area contributed by atoms with Gasteiger partial charge in [0, 0.05) is 19.3 Å². The second kappa shape index (κ2) is 8.65. The van der Waals surface area contributed by atoms with Crippen molar-refractivity contribution in [1.82, 2.24) is 20.2 Å². The maximum absolute atomic E-state index is 12.5. The Bertz CT molecular complexity index is 630. The molecule has 1 N–H and O–H groups in total. The van der Waals surface area contributed by atoms with Crippen LogP contribution in [0, 0.1) is 18.8 Å². The quantitative estimate of drug-likeness (QED) is 0.860. The molecule has 4 rings (SSSR count). The van der Waals surface area contributed by atoms with Gasteiger partial charge in [-0.3, -0.25) is 14.8 Å². The molecular weight excluding hydrogens is 340 g/mol. The van der Waals surface area contributed by atoms with E-state index >= 15 is 0 Å². The van der Waals surface area contributed by atoms with Crippen LogP contribution in [0.1, 0.15) is 56.3 Å². The molecule has 3 heterocycles. The van der Waals surface area contributed by atoms with Gasteiger partial charge < -0.3 is 15.0 Å². The maximum Gasteiger partial charge on any atom is 0.249 e. The molecule has 148 valence electrons. The number of hydrogen-bond donors (Lipinski definition) is 1. The van der Waals surface area contributed by atoms with Gasteiger partial charge in [0.05, 0.1) is 30.2 Å². The summed E-state index contributed by atoms with van der Waals surface area (Å²) in [5.41, 5.74) is 1.66. The molecule has 2 saturated heterocycles. The number of piperidine rings is 1. The molecule has 1 aromatic rings. The van der Waals surface area contributed by atoms with Gasteiger partial charge in [-0.05, 0) is 51.0 Å². The summed E-state index contributed by atoms with van der Waals surface area (Å²) in [4.78, 5) is 23.6. The highest BCUT2D eigenvalue weighted by atomic mass is 16.5. The van der Waals surface area contributed by atoms with Crippen LogP contribution in [0.4, 0.5) is 0 Å². The van der Waals surface area contributed by atoms with Gasteiger partial charge in [-0.25, -0.2) is 0 Å². The van der Waals surface area contributed by atoms with Gasteiger partial charge in [0.1, 0.15) is 6.10 Å². The molecular formula is C21H32N4O2. The third-order valence-electron chi connectivity index (χ3n) is 6.45. The summed E-state index contributed by atoms with van der Waals surface area (Å²) in [6.45, 7) is 5.69. The lowest BCUT2D eigenvalue weighted by Crippen LogP contribution is -2.44. The Morgan fingerprint density at radius 1 is 1.22 bits per heavy atom. The van der Waals surface area contributed by atoms with Crippen LogP contribution in [-0.2, 0) is 16.1 Å². The fraction of sp³-hybridized carbons (Fsp3) is 0.762. The third kappa shape index (κ3) is 4.85. The molecule has 3 atom stereocenters. The predicted molar refractivity (Wildman–Crippen MR) is 103 cm³/mol. The van der Waals surface area contributed by atoms with Crippen molar-refractivity contribution in [2.75, 3.05) is 19.6 Å². The van der Waals surface area contributed by atoms with E-state index in [1.165, 1.54) is 38.6 Å². The van der Waals surface area contributed by atoms with E-state index in [9.17, 15) is 4.79 Å². The van der Waals surface area contributed by atoms with Crippen LogP contribution in [0.25, 0.3) is 0 Å². The molecule has 1 aromatic heterocycles. The molecule has 27 heavy (non-hydrogen) atoms. The number of nitrogens with zero attached hydrogens (tertiary/aromatic N) is 3. The van der Waals surface area contributed by atoms with Crippen LogP contribution in [0.3, 0.4) is 0 Å². The normalized spacial score (nSPS) is 29.4. The summed E-state index contributed by atoms with van der Waals surface area (Å²) < 4.78 is 6.16. The first-order valence-corrected chi connectivity index (χ1v) is 10.6. The number of fused-ring (bicyclic) bond motifs is 1. The van der Waals surface area contributed by atoms with Crippen molar-refractivity contribution in [1.29, 1.82) is 0 Å². The van der Waals surface area contributed by atoms with Crippen molar-refractivity contribution in [3.63, 3.8) is 0 Å². The van der Waals surface area contributed by atoms with Crippen molar-refractivity contribution in [3.05, 3.63) is 23.8 Å². The summed E-state index contributed by atoms with van der Waals surface area (Å²) in [5, 5.41) is 2.97. The van der Waals surface area contributed by atoms with E-state index in [0.29, 0.717) is 12.5 Å². The number of aryl methyl sites for hydroxylation is 1. The zero-order valence-corrected chi connectivity index (χ0v) is 16.4. The Morgan fingerprint density at radius 3 is 2.85 bits per heavy atom. The minimum Gasteiger partial charge on any atom is -0.364 e. The number of hydrogen-bond acceptors (Lipinski definition) is 5. The van der Waals surface area contributed by atoms with Crippen LogP contribution in [-0.4, -0.2) is 52.6 Å². The van der Waals surface area contributed by atoms with E-state index in [1.807, 2.05) is 6.92 Å². The highest BCUT2D eigenvalue weighted by Crippen LogP contribution is 2.34. The molecule has 1 aliphatic carbocycles. The molecule has 0 spiro atoms. The van der Waals surface area contributed by atoms with E-state index in [1.54, 1.807) is 12.4 Å². The fourth-order valence-corrected chi connectivity index (χ4v) is 4.87. The lowest BCUT2D eigenvalue weighted by molar-refractivity contribution is -0.133. The standard InChI is InChI=1S/C21H32N4O2/c1-15-10-23-18(11-22-15)12-24-21(26)19-9-17-7-8-25(14-20(17)27-19)13-16-5-3-2-4-6-16/h10-11,16-17,19-20H,2-9,12-14H2,1H3,(H,24,26)/t17-,19+,20+/m0/s1. The molecule has 3 fully saturated rings. The Balaban J connectivity index is 1.24. The number of nitrogens with one attached hydrogen (secondary N) is 1. The average Bonchev–Trinajstić information content (AvgIpc) is 3.12. The van der Waals surface area contributed by atoms with Crippen LogP contribution in [0.15, 0.2) is 12.4 Å². The molecule has 0 aromatic carbocycles. The zero-order valence-electron chi connectivity index (χ0n) is 16.4. The van der Waals surface area contributed by atoms with E-state index in [4.69, 9.17) is 4.74 Å². The molecule has 6 heteroatoms. The Hall–Kier alpha value is -1.53. The number of aromatic nitrogens is 2. The van der Waals surface area contributed by atoms with E-state index < -0.39 is 0 Å². The van der Waals surface area contributed by atoms with Gasteiger partial charge in [0.15, 0.2) is 0 Å². The van der Waals surface area contributed by atoms with Crippen molar-refractivity contribution in [2.24, 2.45) is 11.8 Å². The second-order valence-electron chi connectivity index (χ2n) is 8.58. The number of carbonyl (C=O) groups is 1. The smallest absolute Gasteiger partial charge is 0.249 e. The summed E-state index contributed by atoms with van der Waals surface area (Å²) in [7, 11) is 0. The number of carbonyl (C=O) groups excluding carboxylic acids is 1. The topological polar surface area (TPSA) is 67.4 Å². The van der Waals surface area contributed by atoms with Crippen molar-refractivity contribution >= 4 is 5.91 Å². The number of likely N-dealkylation sites (tertiary alicyclic amines) is 1. The van der Waals surface area contributed by atoms with Gasteiger partial charge in [0.25, 0.3) is 0 Å². The minimum absolute atomic E-state index is 0.00870. The molecule has 0 unspecified atom stereocenters. The maximum atomic E-state index is 12.5. The van der Waals surface area contributed by atoms with E-state index in [2.05, 4.69) is 20.2 Å².